The molecule has 0 aromatic carbocycles. The predicted octanol–water partition coefficient (Wildman–Crippen LogP) is -0.293. The molecule has 18 nitrogen and oxygen atoms in total. The monoisotopic (exact) mass is 686 g/mol. The van der Waals surface area contributed by atoms with Gasteiger partial charge in [0.25, 0.3) is 0 Å². The van der Waals surface area contributed by atoms with Gasteiger partial charge < -0.3 is 26.7 Å². The van der Waals surface area contributed by atoms with Gasteiger partial charge >= 0.3 is 0 Å². The highest BCUT2D eigenvalue weighted by Crippen LogP contribution is 2.20. The van der Waals surface area contributed by atoms with Gasteiger partial charge in [0.15, 0.2) is 0 Å². The number of nitrogens with zero attached hydrogens (tertiary/aromatic N) is 6. The third kappa shape index (κ3) is 18.8. The molecule has 0 saturated heterocycles. The van der Waals surface area contributed by atoms with Crippen molar-refractivity contribution in [1.29, 1.82) is 0 Å². The normalized spacial score (nSPS) is 11.2. The van der Waals surface area contributed by atoms with Crippen molar-refractivity contribution in [2.24, 2.45) is 11.8 Å². The number of hydrazine groups is 1. The summed E-state index contributed by atoms with van der Waals surface area (Å²) in [4.78, 5) is 71.5. The molecule has 2 heterocycles. The van der Waals surface area contributed by atoms with Crippen LogP contribution < -0.4 is 32.5 Å². The molecular formula is C31H50N12O6. The highest BCUT2D eigenvalue weighted by Gasteiger charge is 2.17. The minimum Gasteiger partial charge on any atom is -0.389 e. The van der Waals surface area contributed by atoms with Gasteiger partial charge in [-0.2, -0.15) is 0 Å². The molecule has 270 valence electrons. The van der Waals surface area contributed by atoms with Crippen molar-refractivity contribution in [3.63, 3.8) is 0 Å². The summed E-state index contributed by atoms with van der Waals surface area (Å²) < 4.78 is 3.11. The Morgan fingerprint density at radius 2 is 1.14 bits per heavy atom. The van der Waals surface area contributed by atoms with Crippen LogP contribution in [0.5, 0.6) is 0 Å². The lowest BCUT2D eigenvalue weighted by Gasteiger charge is -2.17. The molecule has 2 aromatic heterocycles. The highest BCUT2D eigenvalue weighted by molar-refractivity contribution is 5.78. The number of hydrogen-bond donors (Lipinski definition) is 6. The van der Waals surface area contributed by atoms with E-state index in [1.807, 2.05) is 0 Å². The van der Waals surface area contributed by atoms with Crippen LogP contribution in [0.15, 0.2) is 24.3 Å². The van der Waals surface area contributed by atoms with E-state index in [-0.39, 0.29) is 79.9 Å². The number of nitrogens with two attached hydrogens (primary N) is 1. The van der Waals surface area contributed by atoms with E-state index in [0.29, 0.717) is 75.2 Å². The summed E-state index contributed by atoms with van der Waals surface area (Å²) in [6.07, 6.45) is 7.93. The van der Waals surface area contributed by atoms with Gasteiger partial charge in [-0.3, -0.25) is 44.0 Å². The first kappa shape index (κ1) is 40.2. The molecule has 3 amide bonds. The van der Waals surface area contributed by atoms with Crippen LogP contribution >= 0.6 is 0 Å². The van der Waals surface area contributed by atoms with Crippen LogP contribution in [0.25, 0.3) is 0 Å². The number of Topliss-reactive ketones (excluding diaryl/α,β-unsaturated/α-hetero) is 3. The molecule has 49 heavy (non-hydrogen) atoms. The van der Waals surface area contributed by atoms with Crippen LogP contribution in [0.1, 0.15) is 89.9 Å². The van der Waals surface area contributed by atoms with Crippen molar-refractivity contribution in [2.45, 2.75) is 105 Å². The fourth-order valence-corrected chi connectivity index (χ4v) is 4.46. The molecule has 0 unspecified atom stereocenters. The lowest BCUT2D eigenvalue weighted by Crippen LogP contribution is -2.34. The van der Waals surface area contributed by atoms with Gasteiger partial charge in [0.1, 0.15) is 28.7 Å². The van der Waals surface area contributed by atoms with E-state index in [9.17, 15) is 28.8 Å². The van der Waals surface area contributed by atoms with Gasteiger partial charge in [-0.1, -0.05) is 10.4 Å². The number of amides is 3. The van der Waals surface area contributed by atoms with Crippen molar-refractivity contribution >= 4 is 35.1 Å². The number of ketones is 3. The number of nitrogens with one attached hydrogen (secondary N) is 5. The molecule has 0 bridgehead atoms. The van der Waals surface area contributed by atoms with Gasteiger partial charge in [-0.05, 0) is 46.0 Å². The number of aryl methyl sites for hydroxylation is 2. The summed E-state index contributed by atoms with van der Waals surface area (Å²) in [7, 11) is 0. The van der Waals surface area contributed by atoms with E-state index >= 15 is 0 Å². The number of carbonyl (C=O) groups is 6. The van der Waals surface area contributed by atoms with E-state index in [1.165, 1.54) is 20.8 Å². The maximum atomic E-state index is 12.7. The molecule has 0 atom stereocenters. The van der Waals surface area contributed by atoms with Crippen LogP contribution in [0.2, 0.25) is 0 Å². The van der Waals surface area contributed by atoms with Crippen molar-refractivity contribution < 1.29 is 28.8 Å². The zero-order valence-electron chi connectivity index (χ0n) is 28.6. The quantitative estimate of drug-likeness (QED) is 0.0423. The summed E-state index contributed by atoms with van der Waals surface area (Å²) in [6.45, 7) is 6.30. The Balaban J connectivity index is 1.87. The second-order valence-corrected chi connectivity index (χ2v) is 11.9. The molecule has 0 aliphatic carbocycles. The topological polar surface area (TPSA) is 250 Å². The zero-order valence-corrected chi connectivity index (χ0v) is 28.6. The van der Waals surface area contributed by atoms with Crippen LogP contribution in [0.4, 0.5) is 0 Å². The Morgan fingerprint density at radius 1 is 0.694 bits per heavy atom. The molecular weight excluding hydrogens is 636 g/mol. The summed E-state index contributed by atoms with van der Waals surface area (Å²) in [5.74, 6) is 4.96. The molecule has 0 aliphatic rings. The van der Waals surface area contributed by atoms with Crippen LogP contribution in [-0.4, -0.2) is 78.1 Å². The molecule has 2 rings (SSSR count). The molecule has 18 heteroatoms. The summed E-state index contributed by atoms with van der Waals surface area (Å²) in [6, 6.07) is 0. The maximum absolute atomic E-state index is 12.7. The number of hydrogen-bond acceptors (Lipinski definition) is 13. The number of rotatable bonds is 26. The van der Waals surface area contributed by atoms with Gasteiger partial charge in [0.05, 0.1) is 37.7 Å². The second kappa shape index (κ2) is 22.5. The Morgan fingerprint density at radius 3 is 1.57 bits per heavy atom. The molecule has 0 radical (unpaired) electrons. The van der Waals surface area contributed by atoms with Crippen LogP contribution in [0.3, 0.4) is 0 Å². The standard InChI is InChI=1S/C31H50N12O6/c1-22(44)10-13-33-16-26(37-32)17-34-29(47)7-4-25(5-8-30(48)35-18-27-20-42(40-38-27)14-11-23(2)45)6-9-31(49)36-19-28-21-43(41-39-28)15-12-24(3)46/h16,20-21,25,33,37H,4-15,17-19,32H2,1-3H3,(H,34,47)(H,35,48)(H,36,49)/b26-16-. The zero-order chi connectivity index (χ0) is 36.0. The van der Waals surface area contributed by atoms with Crippen molar-refractivity contribution in [3.05, 3.63) is 35.7 Å². The number of carbonyl (C=O) groups excluding carboxylic acids is 6. The summed E-state index contributed by atoms with van der Waals surface area (Å²) >= 11 is 0. The largest absolute Gasteiger partial charge is 0.389 e. The van der Waals surface area contributed by atoms with E-state index in [1.54, 1.807) is 28.0 Å². The van der Waals surface area contributed by atoms with Gasteiger partial charge in [0.2, 0.25) is 17.7 Å². The first-order valence-corrected chi connectivity index (χ1v) is 16.4. The van der Waals surface area contributed by atoms with Crippen molar-refractivity contribution in [1.82, 2.24) is 56.7 Å². The Labute approximate surface area is 285 Å². The maximum Gasteiger partial charge on any atom is 0.220 e. The molecule has 0 saturated carbocycles. The Hall–Kier alpha value is -5.00. The predicted molar refractivity (Wildman–Crippen MR) is 177 cm³/mol. The smallest absolute Gasteiger partial charge is 0.220 e. The fraction of sp³-hybridized carbons (Fsp3) is 0.613. The molecule has 0 spiro atoms. The third-order valence-electron chi connectivity index (χ3n) is 7.39. The van der Waals surface area contributed by atoms with Crippen LogP contribution in [0, 0.1) is 5.92 Å². The minimum atomic E-state index is -0.218. The van der Waals surface area contributed by atoms with Gasteiger partial charge in [-0.25, -0.2) is 0 Å². The van der Waals surface area contributed by atoms with Crippen molar-refractivity contribution in [3.8, 4) is 0 Å². The summed E-state index contributed by atoms with van der Waals surface area (Å²) in [5, 5.41) is 27.4. The lowest BCUT2D eigenvalue weighted by atomic mass is 9.92. The molecule has 0 fully saturated rings. The van der Waals surface area contributed by atoms with Gasteiger partial charge in [0, 0.05) is 64.4 Å². The molecule has 7 N–H and O–H groups in total. The average Bonchev–Trinajstić information content (AvgIpc) is 3.73. The van der Waals surface area contributed by atoms with E-state index in [0.717, 1.165) is 0 Å². The SMILES string of the molecule is CC(=O)CCN/C=C(/CNC(=O)CCC(CCC(=O)NCc1cn(CCC(C)=O)nn1)CCC(=O)NCc1cn(CCC(C)=O)nn1)NN. The van der Waals surface area contributed by atoms with Gasteiger partial charge in [-0.15, -0.1) is 10.2 Å². The third-order valence-corrected chi connectivity index (χ3v) is 7.39. The lowest BCUT2D eigenvalue weighted by molar-refractivity contribution is -0.122. The second-order valence-electron chi connectivity index (χ2n) is 11.9. The Bertz CT molecular complexity index is 1340. The molecule has 0 aliphatic heterocycles. The van der Waals surface area contributed by atoms with E-state index in [4.69, 9.17) is 5.84 Å². The molecule has 2 aromatic rings. The summed E-state index contributed by atoms with van der Waals surface area (Å²) in [5.41, 5.74) is 4.17. The Kier molecular flexibility index (Phi) is 18.5. The fourth-order valence-electron chi connectivity index (χ4n) is 4.46. The first-order chi connectivity index (χ1) is 23.4. The minimum absolute atomic E-state index is 0.0465. The van der Waals surface area contributed by atoms with Crippen LogP contribution in [-0.2, 0) is 54.9 Å². The van der Waals surface area contributed by atoms with E-state index < -0.39 is 0 Å². The average molecular weight is 687 g/mol. The van der Waals surface area contributed by atoms with E-state index in [2.05, 4.69) is 47.3 Å². The highest BCUT2D eigenvalue weighted by atomic mass is 16.2. The number of aromatic nitrogens is 6. The van der Waals surface area contributed by atoms with Crippen molar-refractivity contribution in [2.75, 3.05) is 13.1 Å². The first-order valence-electron chi connectivity index (χ1n) is 16.4.